The van der Waals surface area contributed by atoms with Crippen LogP contribution in [0.1, 0.15) is 5.56 Å². The molecule has 118 valence electrons. The van der Waals surface area contributed by atoms with Crippen LogP contribution in [-0.2, 0) is 4.79 Å². The minimum atomic E-state index is -0.261. The maximum Gasteiger partial charge on any atom is 0.262 e. The number of nitrogens with one attached hydrogen (secondary N) is 1. The molecule has 0 spiro atoms. The zero-order chi connectivity index (χ0) is 16.7. The first-order valence-corrected chi connectivity index (χ1v) is 8.24. The van der Waals surface area contributed by atoms with Crippen LogP contribution >= 0.6 is 23.4 Å². The number of nitriles is 1. The second-order valence-electron chi connectivity index (χ2n) is 4.69. The average molecular weight is 347 g/mol. The lowest BCUT2D eigenvalue weighted by molar-refractivity contribution is -0.118. The Morgan fingerprint density at radius 3 is 2.87 bits per heavy atom. The van der Waals surface area contributed by atoms with Gasteiger partial charge in [-0.3, -0.25) is 4.79 Å². The lowest BCUT2D eigenvalue weighted by Gasteiger charge is -2.11. The number of anilines is 1. The van der Waals surface area contributed by atoms with Gasteiger partial charge in [-0.25, -0.2) is 0 Å². The van der Waals surface area contributed by atoms with Crippen LogP contribution in [0.3, 0.4) is 0 Å². The van der Waals surface area contributed by atoms with Gasteiger partial charge in [-0.2, -0.15) is 5.26 Å². The van der Waals surface area contributed by atoms with E-state index in [-0.39, 0.29) is 12.5 Å². The molecule has 4 nitrogen and oxygen atoms in total. The van der Waals surface area contributed by atoms with E-state index >= 15 is 0 Å². The lowest BCUT2D eigenvalue weighted by atomic mass is 10.2. The van der Waals surface area contributed by atoms with E-state index in [9.17, 15) is 4.79 Å². The number of aryl methyl sites for hydroxylation is 1. The number of carbonyl (C=O) groups is 1. The second kappa shape index (κ2) is 8.47. The third-order valence-corrected chi connectivity index (χ3v) is 4.32. The summed E-state index contributed by atoms with van der Waals surface area (Å²) in [5.74, 6) is 0.657. The predicted octanol–water partition coefficient (Wildman–Crippen LogP) is 4.28. The number of hydrogen-bond donors (Lipinski definition) is 1. The standard InChI is InChI=1S/C17H15ClN2O2S/c1-12-10-13(6-7-14(12)18)22-11-17(21)20-15-4-2-3-5-16(15)23-9-8-19/h2-7,10H,9,11H2,1H3,(H,20,21). The lowest BCUT2D eigenvalue weighted by Crippen LogP contribution is -2.20. The number of rotatable bonds is 6. The van der Waals surface area contributed by atoms with Crippen molar-refractivity contribution in [3.05, 3.63) is 53.1 Å². The predicted molar refractivity (Wildman–Crippen MR) is 93.1 cm³/mol. The molecule has 0 saturated heterocycles. The summed E-state index contributed by atoms with van der Waals surface area (Å²) in [6.45, 7) is 1.77. The summed E-state index contributed by atoms with van der Waals surface area (Å²) in [6, 6.07) is 14.7. The fourth-order valence-corrected chi connectivity index (χ4v) is 2.63. The largest absolute Gasteiger partial charge is 0.484 e. The number of amides is 1. The zero-order valence-corrected chi connectivity index (χ0v) is 14.1. The summed E-state index contributed by atoms with van der Waals surface area (Å²) in [6.07, 6.45) is 0. The van der Waals surface area contributed by atoms with E-state index in [1.165, 1.54) is 11.8 Å². The van der Waals surface area contributed by atoms with Gasteiger partial charge in [-0.15, -0.1) is 11.8 Å². The fraction of sp³-hybridized carbons (Fsp3) is 0.176. The first-order valence-electron chi connectivity index (χ1n) is 6.87. The molecular weight excluding hydrogens is 332 g/mol. The highest BCUT2D eigenvalue weighted by Crippen LogP contribution is 2.26. The highest BCUT2D eigenvalue weighted by atomic mass is 35.5. The maximum absolute atomic E-state index is 12.0. The second-order valence-corrected chi connectivity index (χ2v) is 6.12. The molecule has 1 N–H and O–H groups in total. The van der Waals surface area contributed by atoms with Crippen molar-refractivity contribution >= 4 is 35.0 Å². The molecule has 0 aliphatic rings. The van der Waals surface area contributed by atoms with Gasteiger partial charge in [0, 0.05) is 9.92 Å². The Morgan fingerprint density at radius 1 is 1.35 bits per heavy atom. The topological polar surface area (TPSA) is 62.1 Å². The first kappa shape index (κ1) is 17.2. The fourth-order valence-electron chi connectivity index (χ4n) is 1.85. The number of benzene rings is 2. The summed E-state index contributed by atoms with van der Waals surface area (Å²) in [5, 5.41) is 12.1. The monoisotopic (exact) mass is 346 g/mol. The highest BCUT2D eigenvalue weighted by molar-refractivity contribution is 7.99. The molecule has 0 aliphatic heterocycles. The quantitative estimate of drug-likeness (QED) is 0.793. The van der Waals surface area contributed by atoms with Gasteiger partial charge < -0.3 is 10.1 Å². The maximum atomic E-state index is 12.0. The molecule has 0 bridgehead atoms. The Labute approximate surface area is 144 Å². The van der Waals surface area contributed by atoms with Crippen LogP contribution in [0.2, 0.25) is 5.02 Å². The molecule has 2 aromatic rings. The molecule has 2 rings (SSSR count). The van der Waals surface area contributed by atoms with Crippen molar-refractivity contribution < 1.29 is 9.53 Å². The van der Waals surface area contributed by atoms with E-state index in [4.69, 9.17) is 21.6 Å². The molecule has 6 heteroatoms. The summed E-state index contributed by atoms with van der Waals surface area (Å²) in [7, 11) is 0. The Balaban J connectivity index is 1.94. The molecule has 2 aromatic carbocycles. The van der Waals surface area contributed by atoms with Crippen molar-refractivity contribution in [2.24, 2.45) is 0 Å². The Hall–Kier alpha value is -2.16. The van der Waals surface area contributed by atoms with E-state index < -0.39 is 0 Å². The molecule has 0 heterocycles. The summed E-state index contributed by atoms with van der Waals surface area (Å²) < 4.78 is 5.47. The van der Waals surface area contributed by atoms with E-state index in [2.05, 4.69) is 11.4 Å². The third kappa shape index (κ3) is 5.20. The molecule has 0 unspecified atom stereocenters. The first-order chi connectivity index (χ1) is 11.1. The van der Waals surface area contributed by atoms with E-state index in [0.717, 1.165) is 10.5 Å². The van der Waals surface area contributed by atoms with Crippen LogP contribution in [-0.4, -0.2) is 18.3 Å². The van der Waals surface area contributed by atoms with Gasteiger partial charge in [0.15, 0.2) is 6.61 Å². The van der Waals surface area contributed by atoms with Crippen molar-refractivity contribution in [2.45, 2.75) is 11.8 Å². The number of hydrogen-bond acceptors (Lipinski definition) is 4. The molecule has 1 amide bonds. The van der Waals surface area contributed by atoms with Crippen LogP contribution in [0.25, 0.3) is 0 Å². The SMILES string of the molecule is Cc1cc(OCC(=O)Nc2ccccc2SCC#N)ccc1Cl. The number of halogens is 1. The van der Waals surface area contributed by atoms with Crippen molar-refractivity contribution in [1.29, 1.82) is 5.26 Å². The summed E-state index contributed by atoms with van der Waals surface area (Å²) in [4.78, 5) is 12.9. The van der Waals surface area contributed by atoms with Crippen LogP contribution < -0.4 is 10.1 Å². The smallest absolute Gasteiger partial charge is 0.262 e. The van der Waals surface area contributed by atoms with Gasteiger partial charge in [0.2, 0.25) is 0 Å². The highest BCUT2D eigenvalue weighted by Gasteiger charge is 2.08. The third-order valence-electron chi connectivity index (χ3n) is 2.95. The van der Waals surface area contributed by atoms with E-state index in [1.807, 2.05) is 25.1 Å². The molecular formula is C17H15ClN2O2S. The van der Waals surface area contributed by atoms with Crippen LogP contribution in [0.4, 0.5) is 5.69 Å². The zero-order valence-electron chi connectivity index (χ0n) is 12.5. The van der Waals surface area contributed by atoms with Gasteiger partial charge in [-0.1, -0.05) is 23.7 Å². The van der Waals surface area contributed by atoms with E-state index in [1.54, 1.807) is 24.3 Å². The summed E-state index contributed by atoms with van der Waals surface area (Å²) in [5.41, 5.74) is 1.57. The Bertz CT molecular complexity index is 744. The van der Waals surface area contributed by atoms with Gasteiger partial charge in [0.25, 0.3) is 5.91 Å². The van der Waals surface area contributed by atoms with Crippen molar-refractivity contribution in [2.75, 3.05) is 17.7 Å². The molecule has 23 heavy (non-hydrogen) atoms. The molecule has 0 atom stereocenters. The van der Waals surface area contributed by atoms with E-state index in [0.29, 0.717) is 22.2 Å². The van der Waals surface area contributed by atoms with Gasteiger partial charge >= 0.3 is 0 Å². The number of ether oxygens (including phenoxy) is 1. The number of thioether (sulfide) groups is 1. The van der Waals surface area contributed by atoms with Gasteiger partial charge in [0.1, 0.15) is 5.75 Å². The number of carbonyl (C=O) groups excluding carboxylic acids is 1. The Kier molecular flexibility index (Phi) is 6.33. The van der Waals surface area contributed by atoms with Crippen LogP contribution in [0.5, 0.6) is 5.75 Å². The molecule has 0 saturated carbocycles. The molecule has 0 aliphatic carbocycles. The Morgan fingerprint density at radius 2 is 2.13 bits per heavy atom. The average Bonchev–Trinajstić information content (AvgIpc) is 2.55. The normalized spacial score (nSPS) is 9.96. The van der Waals surface area contributed by atoms with Crippen molar-refractivity contribution in [3.8, 4) is 11.8 Å². The molecule has 0 aromatic heterocycles. The van der Waals surface area contributed by atoms with Gasteiger partial charge in [-0.05, 0) is 42.8 Å². The minimum absolute atomic E-state index is 0.0989. The minimum Gasteiger partial charge on any atom is -0.484 e. The molecule has 0 radical (unpaired) electrons. The van der Waals surface area contributed by atoms with Gasteiger partial charge in [0.05, 0.1) is 17.5 Å². The number of para-hydroxylation sites is 1. The van der Waals surface area contributed by atoms with Crippen molar-refractivity contribution in [3.63, 3.8) is 0 Å². The summed E-state index contributed by atoms with van der Waals surface area (Å²) >= 11 is 7.33. The van der Waals surface area contributed by atoms with Crippen molar-refractivity contribution in [1.82, 2.24) is 0 Å². The number of nitrogens with zero attached hydrogens (tertiary/aromatic N) is 1. The molecule has 0 fully saturated rings. The van der Waals surface area contributed by atoms with Crippen LogP contribution in [0.15, 0.2) is 47.4 Å². The van der Waals surface area contributed by atoms with Crippen LogP contribution in [0, 0.1) is 18.3 Å².